The Bertz CT molecular complexity index is 3900. The molecule has 0 aliphatic carbocycles. The minimum absolute atomic E-state index is 0.0211. The molecule has 4 radical (unpaired) electrons. The quantitative estimate of drug-likeness (QED) is 0.0169. The molecule has 0 amide bonds. The maximum atomic E-state index is 12.7. The molecule has 104 heavy (non-hydrogen) atoms. The summed E-state index contributed by atoms with van der Waals surface area (Å²) >= 11 is 6.79. The maximum absolute atomic E-state index is 12.7. The number of fused-ring (bicyclic) bond motifs is 4. The SMILES string of the molecule is C[Si]O[Si]1(c2ccccc2)O[Si]2(c3ccccc3)O[Si](OCCCCOCCOC(=O)C(C)(C)Br)(c3ccccc3)O[Si](c3ccccc3)(O1)O[Si]1(c3ccccc3)O[Si](O[Si]C)(c3ccccc3)O[Si](c3ccccc3)(O[Si](O[Si](C)(C)CCCOCCOC(=O)C(C)(C)Br)(c3ccccc3)O1)O2. The zero-order chi connectivity index (χ0) is 73.5. The second kappa shape index (κ2) is 35.4. The van der Waals surface area contributed by atoms with Gasteiger partial charge in [-0.2, -0.15) is 0 Å². The van der Waals surface area contributed by atoms with Gasteiger partial charge in [-0.3, -0.25) is 9.59 Å². The Morgan fingerprint density at radius 1 is 0.346 bits per heavy atom. The second-order valence-electron chi connectivity index (χ2n) is 26.0. The molecule has 0 N–H and O–H groups in total. The average molecular weight is 1730 g/mol. The van der Waals surface area contributed by atoms with E-state index in [9.17, 15) is 9.59 Å². The number of rotatable bonds is 32. The molecule has 548 valence electrons. The summed E-state index contributed by atoms with van der Waals surface area (Å²) in [5, 5.41) is 3.77. The Hall–Kier alpha value is -4.59. The fourth-order valence-corrected chi connectivity index (χ4v) is 61.1. The monoisotopic (exact) mass is 1720 g/mol. The minimum atomic E-state index is -5.38. The second-order valence-corrected chi connectivity index (χ2v) is 59.2. The highest BCUT2D eigenvalue weighted by Crippen LogP contribution is 2.44. The zero-order valence-electron chi connectivity index (χ0n) is 59.3. The molecule has 8 aromatic carbocycles. The van der Waals surface area contributed by atoms with E-state index in [1.807, 2.05) is 256 Å². The number of hydrogen-bond donors (Lipinski definition) is 0. The largest absolute Gasteiger partial charge is 0.522 e. The smallest absolute Gasteiger partial charge is 0.462 e. The highest BCUT2D eigenvalue weighted by Gasteiger charge is 2.80. The number of hydrogen-bond acceptors (Lipinski definition) is 20. The van der Waals surface area contributed by atoms with Crippen molar-refractivity contribution in [1.29, 1.82) is 0 Å². The average Bonchev–Trinajstić information content (AvgIpc) is 0.689. The van der Waals surface area contributed by atoms with Gasteiger partial charge in [-0.25, -0.2) is 0 Å². The lowest BCUT2D eigenvalue weighted by atomic mass is 10.2. The first-order valence-corrected chi connectivity index (χ1v) is 55.7. The molecular weight excluding hydrogens is 1640 g/mol. The van der Waals surface area contributed by atoms with Crippen LogP contribution in [-0.4, -0.2) is 165 Å². The van der Waals surface area contributed by atoms with Crippen LogP contribution in [0, 0.1) is 0 Å². The van der Waals surface area contributed by atoms with Crippen LogP contribution in [0.1, 0.15) is 47.0 Å². The zero-order valence-corrected chi connectivity index (χ0v) is 73.5. The predicted molar refractivity (Wildman–Crippen MR) is 424 cm³/mol. The van der Waals surface area contributed by atoms with Crippen molar-refractivity contribution in [2.45, 2.75) is 87.8 Å². The van der Waals surface area contributed by atoms with Crippen molar-refractivity contribution in [3.05, 3.63) is 243 Å². The molecule has 0 spiro atoms. The van der Waals surface area contributed by atoms with Gasteiger partial charge in [0.15, 0.2) is 8.32 Å². The summed E-state index contributed by atoms with van der Waals surface area (Å²) in [7, 11) is -45.2. The van der Waals surface area contributed by atoms with E-state index in [0.717, 1.165) is 0 Å². The van der Waals surface area contributed by atoms with Crippen molar-refractivity contribution in [3.63, 3.8) is 0 Å². The van der Waals surface area contributed by atoms with Gasteiger partial charge in [-0.05, 0) is 79.2 Å². The first-order chi connectivity index (χ1) is 50.0. The summed E-state index contributed by atoms with van der Waals surface area (Å²) in [4.78, 5) is 25.3. The maximum Gasteiger partial charge on any atom is 0.522 e. The lowest BCUT2D eigenvalue weighted by Gasteiger charge is -2.57. The van der Waals surface area contributed by atoms with Gasteiger partial charge < -0.3 is 76.9 Å². The molecule has 8 aromatic rings. The molecule has 4 aliphatic heterocycles. The van der Waals surface area contributed by atoms with Crippen LogP contribution in [0.25, 0.3) is 0 Å². The Balaban J connectivity index is 1.24. The number of carbonyl (C=O) groups excluding carboxylic acids is 2. The van der Waals surface area contributed by atoms with E-state index >= 15 is 0 Å². The molecule has 4 bridgehead atoms. The van der Waals surface area contributed by atoms with Crippen molar-refractivity contribution < 1.29 is 86.5 Å². The Morgan fingerprint density at radius 2 is 0.606 bits per heavy atom. The van der Waals surface area contributed by atoms with Gasteiger partial charge in [-0.1, -0.05) is 275 Å². The first-order valence-electron chi connectivity index (χ1n) is 34.4. The molecule has 4 unspecified atom stereocenters. The van der Waals surface area contributed by atoms with Crippen LogP contribution >= 0.6 is 31.9 Å². The molecule has 0 saturated carbocycles. The molecule has 4 heterocycles. The Morgan fingerprint density at radius 3 is 0.913 bits per heavy atom. The van der Waals surface area contributed by atoms with Gasteiger partial charge >= 0.3 is 82.4 Å². The molecule has 20 nitrogen and oxygen atoms in total. The summed E-state index contributed by atoms with van der Waals surface area (Å²) in [6.07, 6.45) is 1.45. The van der Waals surface area contributed by atoms with Crippen molar-refractivity contribution >= 4 is 184 Å². The predicted octanol–water partition coefficient (Wildman–Crippen LogP) is 8.21. The van der Waals surface area contributed by atoms with Crippen LogP contribution in [0.15, 0.2) is 243 Å². The van der Waals surface area contributed by atoms with E-state index in [1.165, 1.54) is 0 Å². The van der Waals surface area contributed by atoms with Gasteiger partial charge in [0.1, 0.15) is 21.9 Å². The molecule has 4 aliphatic rings. The first kappa shape index (κ1) is 80.4. The van der Waals surface area contributed by atoms with Crippen LogP contribution < -0.4 is 41.5 Å². The van der Waals surface area contributed by atoms with Crippen LogP contribution in [0.5, 0.6) is 0 Å². The van der Waals surface area contributed by atoms with Gasteiger partial charge in [-0.15, -0.1) is 0 Å². The number of carbonyl (C=O) groups is 2. The lowest BCUT2D eigenvalue weighted by Crippen LogP contribution is -2.90. The van der Waals surface area contributed by atoms with Crippen LogP contribution in [0.2, 0.25) is 32.2 Å². The summed E-state index contributed by atoms with van der Waals surface area (Å²) < 4.78 is 139. The van der Waals surface area contributed by atoms with E-state index in [-0.39, 0.29) is 52.6 Å². The normalized spacial score (nSPS) is 25.9. The molecule has 4 saturated heterocycles. The minimum Gasteiger partial charge on any atom is -0.462 e. The third-order valence-corrected chi connectivity index (χ3v) is 56.2. The molecular formula is C71H86Br2O20Si11. The number of halogens is 2. The van der Waals surface area contributed by atoms with Gasteiger partial charge in [0, 0.05) is 61.3 Å². The van der Waals surface area contributed by atoms with E-state index < -0.39 is 99.3 Å². The molecule has 4 fully saturated rings. The highest BCUT2D eigenvalue weighted by atomic mass is 79.9. The topological polar surface area (TPSA) is 200 Å². The molecule has 12 rings (SSSR count). The number of esters is 2. The summed E-state index contributed by atoms with van der Waals surface area (Å²) in [6, 6.07) is 76.9. The standard InChI is InChI=1S/C71H86Br2O20Si11/c1-70(2,72)68(74)78-57-55-76-52-33-34-54-80-97(60-36-17-9-18-37-60)84-101(64-44-25-13-26-45-64)86-98(81-94-5,61-38-19-10-20-39-61)87-102(85-97,65-46-27-14-28-47-65)93-104(67-50-31-16-32-51-67)89-99(82-95-6,62-40-21-11-22-41-62)88-103(92-101,66-48-29-15-30-49-66)90-100(91-104,63-42-23-12-24-43-63)83-96(7,8)59-35-53-77-56-58-79-69(75)71(3,4)73/h9-32,36-51H,33-35,52-59H2,1-8H3. The van der Waals surface area contributed by atoms with Crippen molar-refractivity contribution in [1.82, 2.24) is 0 Å². The van der Waals surface area contributed by atoms with Crippen molar-refractivity contribution in [2.75, 3.05) is 46.2 Å². The number of benzene rings is 8. The van der Waals surface area contributed by atoms with Crippen LogP contribution in [0.3, 0.4) is 0 Å². The third kappa shape index (κ3) is 19.2. The van der Waals surface area contributed by atoms with E-state index in [1.54, 1.807) is 27.7 Å². The van der Waals surface area contributed by atoms with Crippen LogP contribution in [0.4, 0.5) is 0 Å². The van der Waals surface area contributed by atoms with Crippen LogP contribution in [-0.2, 0) is 86.5 Å². The third-order valence-electron chi connectivity index (χ3n) is 16.5. The Labute approximate surface area is 641 Å². The van der Waals surface area contributed by atoms with E-state index in [2.05, 4.69) is 45.0 Å². The summed E-state index contributed by atoms with van der Waals surface area (Å²) in [5.74, 6) is -0.787. The van der Waals surface area contributed by atoms with E-state index in [4.69, 9.17) is 76.9 Å². The summed E-state index contributed by atoms with van der Waals surface area (Å²) in [6.45, 7) is 16.1. The Kier molecular flexibility index (Phi) is 27.4. The van der Waals surface area contributed by atoms with Gasteiger partial charge in [0.2, 0.25) is 19.5 Å². The fourth-order valence-electron chi connectivity index (χ4n) is 11.6. The number of alkyl halides is 2. The lowest BCUT2D eigenvalue weighted by molar-refractivity contribution is -0.147. The molecule has 33 heteroatoms. The highest BCUT2D eigenvalue weighted by molar-refractivity contribution is 9.10. The van der Waals surface area contributed by atoms with Gasteiger partial charge in [0.05, 0.1) is 13.2 Å². The number of unbranched alkanes of at least 4 members (excludes halogenated alkanes) is 1. The fraction of sp³-hybridized carbons (Fsp3) is 0.296. The molecule has 0 aromatic heterocycles. The summed E-state index contributed by atoms with van der Waals surface area (Å²) in [5.41, 5.74) is 0. The van der Waals surface area contributed by atoms with Gasteiger partial charge in [0.25, 0.3) is 0 Å². The van der Waals surface area contributed by atoms with Crippen molar-refractivity contribution in [2.24, 2.45) is 0 Å². The van der Waals surface area contributed by atoms with E-state index in [0.29, 0.717) is 80.0 Å². The molecule has 4 atom stereocenters. The number of ether oxygens (including phenoxy) is 4. The van der Waals surface area contributed by atoms with Crippen molar-refractivity contribution in [3.8, 4) is 0 Å².